The molecule has 0 amide bonds. The lowest BCUT2D eigenvalue weighted by atomic mass is 9.99. The predicted octanol–water partition coefficient (Wildman–Crippen LogP) is 1.31. The maximum absolute atomic E-state index is 11.1. The summed E-state index contributed by atoms with van der Waals surface area (Å²) in [5.74, 6) is -0.244. The number of ether oxygens (including phenoxy) is 2. The first-order chi connectivity index (χ1) is 7.72. The molecule has 0 spiro atoms. The van der Waals surface area contributed by atoms with Crippen molar-refractivity contribution in [2.75, 3.05) is 7.11 Å². The van der Waals surface area contributed by atoms with Crippen molar-refractivity contribution in [3.05, 3.63) is 34.9 Å². The van der Waals surface area contributed by atoms with E-state index in [1.54, 1.807) is 0 Å². The van der Waals surface area contributed by atoms with Gasteiger partial charge in [0.15, 0.2) is 6.29 Å². The molecule has 16 heavy (non-hydrogen) atoms. The van der Waals surface area contributed by atoms with Gasteiger partial charge in [-0.1, -0.05) is 18.2 Å². The summed E-state index contributed by atoms with van der Waals surface area (Å²) in [5, 5.41) is 9.65. The van der Waals surface area contributed by atoms with E-state index in [9.17, 15) is 9.90 Å². The molecule has 4 nitrogen and oxygen atoms in total. The van der Waals surface area contributed by atoms with Crippen LogP contribution in [0, 0.1) is 0 Å². The van der Waals surface area contributed by atoms with Crippen LogP contribution in [0.15, 0.2) is 18.2 Å². The van der Waals surface area contributed by atoms with Gasteiger partial charge in [-0.05, 0) is 17.5 Å². The van der Waals surface area contributed by atoms with Crippen LogP contribution in [0.3, 0.4) is 0 Å². The summed E-state index contributed by atoms with van der Waals surface area (Å²) < 4.78 is 9.72. The standard InChI is InChI=1S/C12H14O4/c1-15-10(13)6-5-8-3-2-4-9-7-16-12(14)11(8)9/h2-4,12,14H,5-7H2,1H3. The van der Waals surface area contributed by atoms with Crippen LogP contribution in [0.1, 0.15) is 29.4 Å². The first-order valence-electron chi connectivity index (χ1n) is 5.19. The molecule has 0 aromatic heterocycles. The summed E-state index contributed by atoms with van der Waals surface area (Å²) in [7, 11) is 1.37. The van der Waals surface area contributed by atoms with Crippen LogP contribution in [0.25, 0.3) is 0 Å². The van der Waals surface area contributed by atoms with Gasteiger partial charge in [0.1, 0.15) is 0 Å². The molecule has 1 aliphatic rings. The summed E-state index contributed by atoms with van der Waals surface area (Å²) in [6, 6.07) is 5.74. The Bertz CT molecular complexity index is 400. The average molecular weight is 222 g/mol. The van der Waals surface area contributed by atoms with E-state index in [2.05, 4.69) is 4.74 Å². The molecule has 1 unspecified atom stereocenters. The molecular weight excluding hydrogens is 208 g/mol. The lowest BCUT2D eigenvalue weighted by Crippen LogP contribution is -2.05. The molecule has 1 aromatic carbocycles. The fourth-order valence-corrected chi connectivity index (χ4v) is 1.92. The maximum Gasteiger partial charge on any atom is 0.305 e. The van der Waals surface area contributed by atoms with E-state index >= 15 is 0 Å². The van der Waals surface area contributed by atoms with E-state index in [4.69, 9.17) is 4.74 Å². The summed E-state index contributed by atoms with van der Waals surface area (Å²) in [4.78, 5) is 11.1. The minimum Gasteiger partial charge on any atom is -0.469 e. The molecule has 1 aliphatic heterocycles. The zero-order valence-corrected chi connectivity index (χ0v) is 9.10. The molecule has 0 aliphatic carbocycles. The highest BCUT2D eigenvalue weighted by Crippen LogP contribution is 2.31. The molecule has 86 valence electrons. The summed E-state index contributed by atoms with van der Waals surface area (Å²) >= 11 is 0. The van der Waals surface area contributed by atoms with Gasteiger partial charge in [-0.2, -0.15) is 0 Å². The van der Waals surface area contributed by atoms with Gasteiger partial charge in [-0.25, -0.2) is 0 Å². The number of esters is 1. The second-order valence-electron chi connectivity index (χ2n) is 3.73. The molecule has 4 heteroatoms. The van der Waals surface area contributed by atoms with Crippen molar-refractivity contribution >= 4 is 5.97 Å². The molecular formula is C12H14O4. The van der Waals surface area contributed by atoms with Crippen LogP contribution in [0.2, 0.25) is 0 Å². The Morgan fingerprint density at radius 1 is 1.62 bits per heavy atom. The summed E-state index contributed by atoms with van der Waals surface area (Å²) in [6.07, 6.45) is 0.0273. The number of aliphatic hydroxyl groups excluding tert-OH is 1. The Morgan fingerprint density at radius 3 is 3.19 bits per heavy atom. The van der Waals surface area contributed by atoms with Crippen molar-refractivity contribution in [3.8, 4) is 0 Å². The van der Waals surface area contributed by atoms with Crippen LogP contribution in [0.4, 0.5) is 0 Å². The van der Waals surface area contributed by atoms with Gasteiger partial charge in [0, 0.05) is 12.0 Å². The van der Waals surface area contributed by atoms with Crippen LogP contribution >= 0.6 is 0 Å². The number of rotatable bonds is 3. The summed E-state index contributed by atoms with van der Waals surface area (Å²) in [5.41, 5.74) is 2.76. The smallest absolute Gasteiger partial charge is 0.305 e. The number of aryl methyl sites for hydroxylation is 1. The third-order valence-electron chi connectivity index (χ3n) is 2.76. The SMILES string of the molecule is COC(=O)CCc1cccc2c1C(O)OC2. The first-order valence-corrected chi connectivity index (χ1v) is 5.19. The number of carbonyl (C=O) groups excluding carboxylic acids is 1. The third-order valence-corrected chi connectivity index (χ3v) is 2.76. The van der Waals surface area contributed by atoms with Gasteiger partial charge in [-0.3, -0.25) is 4.79 Å². The number of fused-ring (bicyclic) bond motifs is 1. The highest BCUT2D eigenvalue weighted by molar-refractivity contribution is 5.69. The molecule has 1 atom stereocenters. The highest BCUT2D eigenvalue weighted by Gasteiger charge is 2.23. The molecule has 0 radical (unpaired) electrons. The second-order valence-corrected chi connectivity index (χ2v) is 3.73. The number of hydrogen-bond donors (Lipinski definition) is 1. The van der Waals surface area contributed by atoms with Gasteiger partial charge >= 0.3 is 5.97 Å². The van der Waals surface area contributed by atoms with Crippen molar-refractivity contribution in [2.24, 2.45) is 0 Å². The van der Waals surface area contributed by atoms with Crippen LogP contribution < -0.4 is 0 Å². The first kappa shape index (κ1) is 11.1. The summed E-state index contributed by atoms with van der Waals surface area (Å²) in [6.45, 7) is 0.433. The Balaban J connectivity index is 2.16. The largest absolute Gasteiger partial charge is 0.469 e. The Kier molecular flexibility index (Phi) is 3.22. The van der Waals surface area contributed by atoms with Crippen LogP contribution in [-0.4, -0.2) is 18.2 Å². The molecule has 0 fully saturated rings. The van der Waals surface area contributed by atoms with Crippen molar-refractivity contribution < 1.29 is 19.4 Å². The maximum atomic E-state index is 11.1. The van der Waals surface area contributed by atoms with Crippen molar-refractivity contribution in [2.45, 2.75) is 25.7 Å². The van der Waals surface area contributed by atoms with Crippen molar-refractivity contribution in [1.82, 2.24) is 0 Å². The Hall–Kier alpha value is -1.39. The van der Waals surface area contributed by atoms with Crippen molar-refractivity contribution in [3.63, 3.8) is 0 Å². The van der Waals surface area contributed by atoms with Crippen molar-refractivity contribution in [1.29, 1.82) is 0 Å². The molecule has 1 heterocycles. The van der Waals surface area contributed by atoms with Gasteiger partial charge in [0.2, 0.25) is 0 Å². The molecule has 0 saturated heterocycles. The number of aliphatic hydroxyl groups is 1. The third kappa shape index (κ3) is 2.08. The number of carbonyl (C=O) groups is 1. The molecule has 0 bridgehead atoms. The highest BCUT2D eigenvalue weighted by atomic mass is 16.6. The zero-order chi connectivity index (χ0) is 11.5. The second kappa shape index (κ2) is 4.63. The monoisotopic (exact) mass is 222 g/mol. The van der Waals surface area contributed by atoms with Crippen LogP contribution in [0.5, 0.6) is 0 Å². The molecule has 0 saturated carbocycles. The van der Waals surface area contributed by atoms with E-state index in [0.717, 1.165) is 16.7 Å². The van der Waals surface area contributed by atoms with E-state index in [1.807, 2.05) is 18.2 Å². The Labute approximate surface area is 93.8 Å². The quantitative estimate of drug-likeness (QED) is 0.783. The lowest BCUT2D eigenvalue weighted by molar-refractivity contribution is -0.140. The minimum absolute atomic E-state index is 0.244. The number of methoxy groups -OCH3 is 1. The average Bonchev–Trinajstić information content (AvgIpc) is 2.69. The van der Waals surface area contributed by atoms with Gasteiger partial charge < -0.3 is 14.6 Å². The topological polar surface area (TPSA) is 55.8 Å². The lowest BCUT2D eigenvalue weighted by Gasteiger charge is -2.09. The van der Waals surface area contributed by atoms with E-state index in [1.165, 1.54) is 7.11 Å². The minimum atomic E-state index is -0.858. The van der Waals surface area contributed by atoms with E-state index < -0.39 is 6.29 Å². The zero-order valence-electron chi connectivity index (χ0n) is 9.10. The fourth-order valence-electron chi connectivity index (χ4n) is 1.92. The molecule has 1 aromatic rings. The number of hydrogen-bond acceptors (Lipinski definition) is 4. The molecule has 2 rings (SSSR count). The van der Waals surface area contributed by atoms with Gasteiger partial charge in [-0.15, -0.1) is 0 Å². The fraction of sp³-hybridized carbons (Fsp3) is 0.417. The van der Waals surface area contributed by atoms with E-state index in [-0.39, 0.29) is 5.97 Å². The van der Waals surface area contributed by atoms with Gasteiger partial charge in [0.25, 0.3) is 0 Å². The Morgan fingerprint density at radius 2 is 2.44 bits per heavy atom. The normalized spacial score (nSPS) is 18.2. The molecule has 1 N–H and O–H groups in total. The van der Waals surface area contributed by atoms with Crippen LogP contribution in [-0.2, 0) is 27.3 Å². The van der Waals surface area contributed by atoms with E-state index in [0.29, 0.717) is 19.4 Å². The predicted molar refractivity (Wildman–Crippen MR) is 56.5 cm³/mol. The van der Waals surface area contributed by atoms with Gasteiger partial charge in [0.05, 0.1) is 13.7 Å². The number of benzene rings is 1.